The van der Waals surface area contributed by atoms with E-state index in [0.717, 1.165) is 19.4 Å². The van der Waals surface area contributed by atoms with Crippen molar-refractivity contribution in [3.8, 4) is 5.88 Å². The van der Waals surface area contributed by atoms with E-state index in [9.17, 15) is 0 Å². The first-order valence-corrected chi connectivity index (χ1v) is 6.88. The van der Waals surface area contributed by atoms with Crippen LogP contribution in [-0.4, -0.2) is 41.4 Å². The number of hydrogen-bond donors (Lipinski definition) is 2. The molecule has 1 saturated heterocycles. The number of fused-ring (bicyclic) bond motifs is 1. The zero-order valence-corrected chi connectivity index (χ0v) is 11.1. The average molecular weight is 264 g/mol. The summed E-state index contributed by atoms with van der Waals surface area (Å²) >= 11 is 0. The van der Waals surface area contributed by atoms with Crippen molar-refractivity contribution in [2.75, 3.05) is 18.5 Å². The van der Waals surface area contributed by atoms with Gasteiger partial charge in [0.25, 0.3) is 0 Å². The summed E-state index contributed by atoms with van der Waals surface area (Å²) in [6.07, 6.45) is 5.54. The summed E-state index contributed by atoms with van der Waals surface area (Å²) in [5, 5.41) is 3.31. The fourth-order valence-corrected chi connectivity index (χ4v) is 2.79. The van der Waals surface area contributed by atoms with Crippen LogP contribution in [0.4, 0.5) is 5.82 Å². The fraction of sp³-hybridized carbons (Fsp3) is 0.692. The lowest BCUT2D eigenvalue weighted by Gasteiger charge is -2.45. The molecule has 0 aromatic carbocycles. The Kier molecular flexibility index (Phi) is 3.52. The first kappa shape index (κ1) is 12.6. The van der Waals surface area contributed by atoms with Crippen LogP contribution >= 0.6 is 0 Å². The van der Waals surface area contributed by atoms with E-state index < -0.39 is 0 Å². The second-order valence-corrected chi connectivity index (χ2v) is 5.13. The van der Waals surface area contributed by atoms with Crippen LogP contribution in [0.25, 0.3) is 0 Å². The lowest BCUT2D eigenvalue weighted by Crippen LogP contribution is -2.65. The van der Waals surface area contributed by atoms with E-state index >= 15 is 0 Å². The van der Waals surface area contributed by atoms with Crippen molar-refractivity contribution in [3.63, 3.8) is 0 Å². The standard InChI is InChI=1S/C13H20N4O2/c1-2-4-18-10-7-15-6-9(16-10)17-12-11(14)8-3-5-19-13(8)12/h6-8,11-13H,2-5,14H2,1H3,(H,16,17). The summed E-state index contributed by atoms with van der Waals surface area (Å²) in [7, 11) is 0. The summed E-state index contributed by atoms with van der Waals surface area (Å²) < 4.78 is 11.1. The maximum absolute atomic E-state index is 6.15. The molecule has 104 valence electrons. The monoisotopic (exact) mass is 264 g/mol. The van der Waals surface area contributed by atoms with Gasteiger partial charge in [-0.25, -0.2) is 0 Å². The maximum Gasteiger partial charge on any atom is 0.234 e. The van der Waals surface area contributed by atoms with Crippen molar-refractivity contribution < 1.29 is 9.47 Å². The van der Waals surface area contributed by atoms with Gasteiger partial charge in [0.05, 0.1) is 31.1 Å². The molecule has 1 saturated carbocycles. The molecule has 1 aliphatic heterocycles. The molecule has 1 aliphatic carbocycles. The summed E-state index contributed by atoms with van der Waals surface area (Å²) in [5.74, 6) is 1.73. The van der Waals surface area contributed by atoms with Crippen molar-refractivity contribution in [2.45, 2.75) is 38.0 Å². The Labute approximate surface area is 112 Å². The number of aromatic nitrogens is 2. The molecule has 0 spiro atoms. The largest absolute Gasteiger partial charge is 0.477 e. The molecule has 0 radical (unpaired) electrons. The lowest BCUT2D eigenvalue weighted by atomic mass is 9.72. The van der Waals surface area contributed by atoms with Crippen LogP contribution in [0.1, 0.15) is 19.8 Å². The first-order valence-electron chi connectivity index (χ1n) is 6.88. The fourth-order valence-electron chi connectivity index (χ4n) is 2.79. The predicted molar refractivity (Wildman–Crippen MR) is 71.1 cm³/mol. The van der Waals surface area contributed by atoms with Crippen LogP contribution in [0.2, 0.25) is 0 Å². The number of nitrogens with two attached hydrogens (primary N) is 1. The molecule has 1 aromatic rings. The van der Waals surface area contributed by atoms with Crippen LogP contribution in [0, 0.1) is 5.92 Å². The summed E-state index contributed by atoms with van der Waals surface area (Å²) in [6, 6.07) is 0.262. The molecule has 3 rings (SSSR count). The Morgan fingerprint density at radius 1 is 1.53 bits per heavy atom. The Hall–Kier alpha value is -1.40. The van der Waals surface area contributed by atoms with E-state index in [0.29, 0.717) is 24.2 Å². The summed E-state index contributed by atoms with van der Waals surface area (Å²) in [5.41, 5.74) is 6.15. The Balaban J connectivity index is 1.63. The number of ether oxygens (including phenoxy) is 2. The van der Waals surface area contributed by atoms with E-state index in [-0.39, 0.29) is 18.2 Å². The highest BCUT2D eigenvalue weighted by molar-refractivity contribution is 5.38. The minimum Gasteiger partial charge on any atom is -0.477 e. The summed E-state index contributed by atoms with van der Waals surface area (Å²) in [6.45, 7) is 3.52. The molecule has 3 N–H and O–H groups in total. The summed E-state index contributed by atoms with van der Waals surface area (Å²) in [4.78, 5) is 8.50. The Bertz CT molecular complexity index is 442. The third-order valence-electron chi connectivity index (χ3n) is 3.83. The van der Waals surface area contributed by atoms with Crippen LogP contribution < -0.4 is 15.8 Å². The molecule has 0 amide bonds. The van der Waals surface area contributed by atoms with Crippen LogP contribution in [-0.2, 0) is 4.74 Å². The molecule has 2 fully saturated rings. The number of hydrogen-bond acceptors (Lipinski definition) is 6. The van der Waals surface area contributed by atoms with Crippen LogP contribution in [0.15, 0.2) is 12.4 Å². The van der Waals surface area contributed by atoms with Gasteiger partial charge in [0.2, 0.25) is 5.88 Å². The van der Waals surface area contributed by atoms with E-state index in [1.54, 1.807) is 12.4 Å². The highest BCUT2D eigenvalue weighted by atomic mass is 16.5. The average Bonchev–Trinajstić information content (AvgIpc) is 2.88. The van der Waals surface area contributed by atoms with Crippen LogP contribution in [0.3, 0.4) is 0 Å². The lowest BCUT2D eigenvalue weighted by molar-refractivity contribution is 0.00521. The minimum atomic E-state index is 0.128. The van der Waals surface area contributed by atoms with Crippen molar-refractivity contribution in [3.05, 3.63) is 12.4 Å². The number of anilines is 1. The normalized spacial score (nSPS) is 32.5. The van der Waals surface area contributed by atoms with Gasteiger partial charge in [-0.3, -0.25) is 4.98 Å². The number of rotatable bonds is 5. The van der Waals surface area contributed by atoms with Crippen molar-refractivity contribution in [1.82, 2.24) is 9.97 Å². The van der Waals surface area contributed by atoms with Crippen LogP contribution in [0.5, 0.6) is 5.88 Å². The third kappa shape index (κ3) is 2.37. The van der Waals surface area contributed by atoms with E-state index in [1.165, 1.54) is 0 Å². The Morgan fingerprint density at radius 2 is 2.42 bits per heavy atom. The zero-order chi connectivity index (χ0) is 13.2. The van der Waals surface area contributed by atoms with Gasteiger partial charge in [-0.05, 0) is 12.8 Å². The van der Waals surface area contributed by atoms with Gasteiger partial charge < -0.3 is 20.5 Å². The second kappa shape index (κ2) is 5.30. The molecule has 6 nitrogen and oxygen atoms in total. The molecular weight excluding hydrogens is 244 g/mol. The van der Waals surface area contributed by atoms with Crippen molar-refractivity contribution in [2.24, 2.45) is 11.7 Å². The molecular formula is C13H20N4O2. The second-order valence-electron chi connectivity index (χ2n) is 5.13. The van der Waals surface area contributed by atoms with E-state index in [4.69, 9.17) is 15.2 Å². The van der Waals surface area contributed by atoms with E-state index in [1.807, 2.05) is 0 Å². The highest BCUT2D eigenvalue weighted by Crippen LogP contribution is 2.39. The van der Waals surface area contributed by atoms with E-state index in [2.05, 4.69) is 22.2 Å². The molecule has 0 bridgehead atoms. The quantitative estimate of drug-likeness (QED) is 0.818. The molecule has 1 aromatic heterocycles. The third-order valence-corrected chi connectivity index (χ3v) is 3.83. The van der Waals surface area contributed by atoms with Gasteiger partial charge in [-0.1, -0.05) is 6.92 Å². The van der Waals surface area contributed by atoms with Gasteiger partial charge in [-0.15, -0.1) is 0 Å². The number of nitrogens with one attached hydrogen (secondary N) is 1. The van der Waals surface area contributed by atoms with Crippen molar-refractivity contribution >= 4 is 5.82 Å². The molecule has 2 heterocycles. The SMILES string of the molecule is CCCOc1cncc(NC2C(N)C3CCOC32)n1. The minimum absolute atomic E-state index is 0.128. The topological polar surface area (TPSA) is 82.3 Å². The number of nitrogens with zero attached hydrogens (tertiary/aromatic N) is 2. The maximum atomic E-state index is 6.15. The van der Waals surface area contributed by atoms with Gasteiger partial charge in [0.15, 0.2) is 0 Å². The predicted octanol–water partition coefficient (Wildman–Crippen LogP) is 0.792. The molecule has 19 heavy (non-hydrogen) atoms. The smallest absolute Gasteiger partial charge is 0.234 e. The van der Waals surface area contributed by atoms with Crippen molar-refractivity contribution in [1.29, 1.82) is 0 Å². The zero-order valence-electron chi connectivity index (χ0n) is 11.1. The molecule has 4 atom stereocenters. The highest BCUT2D eigenvalue weighted by Gasteiger charge is 2.52. The molecule has 4 unspecified atom stereocenters. The van der Waals surface area contributed by atoms with Gasteiger partial charge in [-0.2, -0.15) is 4.98 Å². The van der Waals surface area contributed by atoms with Gasteiger partial charge >= 0.3 is 0 Å². The first-order chi connectivity index (χ1) is 9.29. The molecule has 6 heteroatoms. The van der Waals surface area contributed by atoms with Gasteiger partial charge in [0, 0.05) is 18.6 Å². The molecule has 2 aliphatic rings. The Morgan fingerprint density at radius 3 is 3.26 bits per heavy atom. The van der Waals surface area contributed by atoms with Gasteiger partial charge in [0.1, 0.15) is 5.82 Å².